The molecule has 86 valence electrons. The molecule has 2 aromatic rings. The molecule has 0 bridgehead atoms. The van der Waals surface area contributed by atoms with Crippen molar-refractivity contribution in [2.75, 3.05) is 0 Å². The fraction of sp³-hybridized carbons (Fsp3) is 0.417. The molecule has 0 amide bonds. The van der Waals surface area contributed by atoms with Gasteiger partial charge in [0.05, 0.1) is 6.26 Å². The molecule has 16 heavy (non-hydrogen) atoms. The number of hydrogen-bond acceptors (Lipinski definition) is 4. The standard InChI is InChI=1S/C12H16N2OS/c1-12(2,3)13-7-11-14-9(8-16-11)10-5-4-6-15-10/h4-6,8,13H,7H2,1-3H3. The van der Waals surface area contributed by atoms with Crippen LogP contribution in [-0.4, -0.2) is 10.5 Å². The zero-order valence-corrected chi connectivity index (χ0v) is 10.6. The van der Waals surface area contributed by atoms with Gasteiger partial charge in [-0.25, -0.2) is 4.98 Å². The monoisotopic (exact) mass is 236 g/mol. The van der Waals surface area contributed by atoms with Gasteiger partial charge in [-0.2, -0.15) is 0 Å². The molecule has 2 aromatic heterocycles. The zero-order chi connectivity index (χ0) is 11.6. The van der Waals surface area contributed by atoms with Crippen molar-refractivity contribution in [2.24, 2.45) is 0 Å². The van der Waals surface area contributed by atoms with Gasteiger partial charge < -0.3 is 9.73 Å². The molecule has 1 N–H and O–H groups in total. The first kappa shape index (κ1) is 11.4. The van der Waals surface area contributed by atoms with Crippen molar-refractivity contribution >= 4 is 11.3 Å². The van der Waals surface area contributed by atoms with Crippen molar-refractivity contribution in [3.8, 4) is 11.5 Å². The molecular formula is C12H16N2OS. The summed E-state index contributed by atoms with van der Waals surface area (Å²) < 4.78 is 5.30. The number of furan rings is 1. The van der Waals surface area contributed by atoms with Gasteiger partial charge in [0.15, 0.2) is 5.76 Å². The summed E-state index contributed by atoms with van der Waals surface area (Å²) in [7, 11) is 0. The number of thiazole rings is 1. The fourth-order valence-electron chi connectivity index (χ4n) is 1.27. The van der Waals surface area contributed by atoms with Gasteiger partial charge in [-0.1, -0.05) is 0 Å². The average molecular weight is 236 g/mol. The Bertz CT molecular complexity index is 440. The molecule has 0 atom stereocenters. The first-order chi connectivity index (χ1) is 7.54. The Labute approximate surface area is 99.5 Å². The van der Waals surface area contributed by atoms with E-state index in [1.807, 2.05) is 17.5 Å². The molecule has 0 aliphatic rings. The van der Waals surface area contributed by atoms with Gasteiger partial charge >= 0.3 is 0 Å². The van der Waals surface area contributed by atoms with Crippen molar-refractivity contribution in [3.63, 3.8) is 0 Å². The quantitative estimate of drug-likeness (QED) is 0.888. The summed E-state index contributed by atoms with van der Waals surface area (Å²) in [5.74, 6) is 0.832. The van der Waals surface area contributed by atoms with E-state index < -0.39 is 0 Å². The summed E-state index contributed by atoms with van der Waals surface area (Å²) in [5, 5.41) is 6.52. The van der Waals surface area contributed by atoms with Gasteiger partial charge in [0.2, 0.25) is 0 Å². The SMILES string of the molecule is CC(C)(C)NCc1nc(-c2ccco2)cs1. The molecule has 2 heterocycles. The first-order valence-electron chi connectivity index (χ1n) is 5.28. The van der Waals surface area contributed by atoms with Crippen molar-refractivity contribution < 1.29 is 4.42 Å². The first-order valence-corrected chi connectivity index (χ1v) is 6.16. The Kier molecular flexibility index (Phi) is 3.12. The van der Waals surface area contributed by atoms with Crippen LogP contribution in [0.1, 0.15) is 25.8 Å². The van der Waals surface area contributed by atoms with Gasteiger partial charge in [-0.15, -0.1) is 11.3 Å². The topological polar surface area (TPSA) is 38.1 Å². The zero-order valence-electron chi connectivity index (χ0n) is 9.78. The summed E-state index contributed by atoms with van der Waals surface area (Å²) in [6, 6.07) is 3.80. The molecule has 0 aliphatic heterocycles. The fourth-order valence-corrected chi connectivity index (χ4v) is 1.99. The lowest BCUT2D eigenvalue weighted by Gasteiger charge is -2.19. The molecule has 0 aliphatic carbocycles. The lowest BCUT2D eigenvalue weighted by atomic mass is 10.1. The summed E-state index contributed by atoms with van der Waals surface area (Å²) in [6.45, 7) is 7.24. The second-order valence-corrected chi connectivity index (χ2v) is 5.65. The molecule has 2 rings (SSSR count). The Hall–Kier alpha value is -1.13. The van der Waals surface area contributed by atoms with Crippen LogP contribution in [0.3, 0.4) is 0 Å². The van der Waals surface area contributed by atoms with E-state index in [4.69, 9.17) is 4.42 Å². The molecule has 4 heteroatoms. The molecule has 0 unspecified atom stereocenters. The minimum Gasteiger partial charge on any atom is -0.463 e. The molecule has 3 nitrogen and oxygen atoms in total. The maximum absolute atomic E-state index is 5.30. The molecule has 0 aromatic carbocycles. The minimum absolute atomic E-state index is 0.122. The van der Waals surface area contributed by atoms with E-state index in [1.54, 1.807) is 17.6 Å². The van der Waals surface area contributed by atoms with Crippen molar-refractivity contribution in [2.45, 2.75) is 32.9 Å². The molecule has 0 radical (unpaired) electrons. The van der Waals surface area contributed by atoms with Crippen LogP contribution in [0.25, 0.3) is 11.5 Å². The highest BCUT2D eigenvalue weighted by Crippen LogP contribution is 2.22. The van der Waals surface area contributed by atoms with E-state index in [-0.39, 0.29) is 5.54 Å². The number of rotatable bonds is 3. The lowest BCUT2D eigenvalue weighted by molar-refractivity contribution is 0.424. The highest BCUT2D eigenvalue weighted by Gasteiger charge is 2.11. The molecule has 0 spiro atoms. The Morgan fingerprint density at radius 3 is 2.88 bits per heavy atom. The second-order valence-electron chi connectivity index (χ2n) is 4.71. The average Bonchev–Trinajstić information content (AvgIpc) is 2.84. The van der Waals surface area contributed by atoms with E-state index in [0.29, 0.717) is 0 Å². The molecule has 0 saturated carbocycles. The van der Waals surface area contributed by atoms with Crippen LogP contribution >= 0.6 is 11.3 Å². The third-order valence-electron chi connectivity index (χ3n) is 2.10. The van der Waals surface area contributed by atoms with Crippen molar-refractivity contribution in [1.82, 2.24) is 10.3 Å². The highest BCUT2D eigenvalue weighted by atomic mass is 32.1. The van der Waals surface area contributed by atoms with Crippen LogP contribution in [0, 0.1) is 0 Å². The van der Waals surface area contributed by atoms with E-state index >= 15 is 0 Å². The van der Waals surface area contributed by atoms with E-state index in [0.717, 1.165) is 23.0 Å². The maximum Gasteiger partial charge on any atom is 0.153 e. The molecule has 0 saturated heterocycles. The number of nitrogens with one attached hydrogen (secondary N) is 1. The summed E-state index contributed by atoms with van der Waals surface area (Å²) in [6.07, 6.45) is 1.67. The van der Waals surface area contributed by atoms with E-state index in [2.05, 4.69) is 31.1 Å². The highest BCUT2D eigenvalue weighted by molar-refractivity contribution is 7.09. The van der Waals surface area contributed by atoms with Crippen LogP contribution in [0.15, 0.2) is 28.2 Å². The lowest BCUT2D eigenvalue weighted by Crippen LogP contribution is -2.34. The Morgan fingerprint density at radius 2 is 2.25 bits per heavy atom. The van der Waals surface area contributed by atoms with Crippen LogP contribution in [0.5, 0.6) is 0 Å². The largest absolute Gasteiger partial charge is 0.463 e. The van der Waals surface area contributed by atoms with Gasteiger partial charge in [0.1, 0.15) is 10.7 Å². The van der Waals surface area contributed by atoms with Crippen molar-refractivity contribution in [1.29, 1.82) is 0 Å². The molecule has 0 fully saturated rings. The normalized spacial score (nSPS) is 11.9. The van der Waals surface area contributed by atoms with Crippen LogP contribution in [-0.2, 0) is 6.54 Å². The van der Waals surface area contributed by atoms with E-state index in [1.165, 1.54) is 0 Å². The van der Waals surface area contributed by atoms with E-state index in [9.17, 15) is 0 Å². The number of aromatic nitrogens is 1. The maximum atomic E-state index is 5.30. The Morgan fingerprint density at radius 1 is 1.44 bits per heavy atom. The summed E-state index contributed by atoms with van der Waals surface area (Å²) in [5.41, 5.74) is 1.04. The van der Waals surface area contributed by atoms with Gasteiger partial charge in [0, 0.05) is 17.5 Å². The third-order valence-corrected chi connectivity index (χ3v) is 2.94. The van der Waals surface area contributed by atoms with Crippen LogP contribution in [0.2, 0.25) is 0 Å². The number of hydrogen-bond donors (Lipinski definition) is 1. The minimum atomic E-state index is 0.122. The summed E-state index contributed by atoms with van der Waals surface area (Å²) >= 11 is 1.65. The van der Waals surface area contributed by atoms with Gasteiger partial charge in [0.25, 0.3) is 0 Å². The smallest absolute Gasteiger partial charge is 0.153 e. The Balaban J connectivity index is 2.03. The third kappa shape index (κ3) is 2.93. The molecular weight excluding hydrogens is 220 g/mol. The number of nitrogens with zero attached hydrogens (tertiary/aromatic N) is 1. The van der Waals surface area contributed by atoms with Gasteiger partial charge in [-0.05, 0) is 32.9 Å². The van der Waals surface area contributed by atoms with Crippen molar-refractivity contribution in [3.05, 3.63) is 28.8 Å². The van der Waals surface area contributed by atoms with Gasteiger partial charge in [-0.3, -0.25) is 0 Å². The van der Waals surface area contributed by atoms with Crippen LogP contribution < -0.4 is 5.32 Å². The summed E-state index contributed by atoms with van der Waals surface area (Å²) in [4.78, 5) is 4.52. The second kappa shape index (κ2) is 4.39. The van der Waals surface area contributed by atoms with Crippen LogP contribution in [0.4, 0.5) is 0 Å². The predicted octanol–water partition coefficient (Wildman–Crippen LogP) is 3.29. The predicted molar refractivity (Wildman–Crippen MR) is 66.4 cm³/mol.